The highest BCUT2D eigenvalue weighted by molar-refractivity contribution is 6.05. The zero-order chi connectivity index (χ0) is 20.0. The predicted molar refractivity (Wildman–Crippen MR) is 119 cm³/mol. The number of benzene rings is 2. The van der Waals surface area contributed by atoms with E-state index in [-0.39, 0.29) is 0 Å². The van der Waals surface area contributed by atoms with Crippen molar-refractivity contribution in [3.8, 4) is 22.8 Å². The van der Waals surface area contributed by atoms with Crippen molar-refractivity contribution in [3.05, 3.63) is 60.0 Å². The number of hydrogen-bond donors (Lipinski definition) is 0. The first-order valence-electron chi connectivity index (χ1n) is 11.2. The number of aromatic nitrogens is 2. The van der Waals surface area contributed by atoms with Gasteiger partial charge in [0, 0.05) is 23.8 Å². The van der Waals surface area contributed by atoms with Crippen molar-refractivity contribution in [2.45, 2.75) is 38.5 Å². The maximum absolute atomic E-state index is 6.63. The molecule has 3 atom stereocenters. The Morgan fingerprint density at radius 1 is 1.03 bits per heavy atom. The summed E-state index contributed by atoms with van der Waals surface area (Å²) >= 11 is 0. The van der Waals surface area contributed by atoms with Crippen molar-refractivity contribution in [3.63, 3.8) is 0 Å². The van der Waals surface area contributed by atoms with Crippen LogP contribution in [0.4, 0.5) is 0 Å². The van der Waals surface area contributed by atoms with Gasteiger partial charge >= 0.3 is 0 Å². The van der Waals surface area contributed by atoms with Gasteiger partial charge in [0.05, 0.1) is 10.9 Å². The fraction of sp³-hybridized carbons (Fsp3) is 0.333. The monoisotopic (exact) mass is 393 g/mol. The molecule has 1 aliphatic heterocycles. The maximum Gasteiger partial charge on any atom is 0.228 e. The third kappa shape index (κ3) is 2.15. The van der Waals surface area contributed by atoms with E-state index in [9.17, 15) is 0 Å². The largest absolute Gasteiger partial charge is 0.456 e. The van der Waals surface area contributed by atoms with Crippen LogP contribution in [0.2, 0.25) is 0 Å². The summed E-state index contributed by atoms with van der Waals surface area (Å²) in [6.07, 6.45) is 11.6. The third-order valence-electron chi connectivity index (χ3n) is 8.01. The Kier molecular flexibility index (Phi) is 3.26. The van der Waals surface area contributed by atoms with Gasteiger partial charge in [0.15, 0.2) is 6.20 Å². The van der Waals surface area contributed by atoms with E-state index in [2.05, 4.69) is 60.1 Å². The Hall–Kier alpha value is -2.94. The van der Waals surface area contributed by atoms with E-state index < -0.39 is 0 Å². The summed E-state index contributed by atoms with van der Waals surface area (Å²) in [4.78, 5) is 4.33. The van der Waals surface area contributed by atoms with Crippen LogP contribution in [0.25, 0.3) is 32.8 Å². The summed E-state index contributed by atoms with van der Waals surface area (Å²) in [5.74, 6) is 4.49. The molecular formula is C27H25N2O+. The Morgan fingerprint density at radius 3 is 2.80 bits per heavy atom. The van der Waals surface area contributed by atoms with E-state index in [4.69, 9.17) is 4.74 Å². The number of rotatable bonds is 1. The molecule has 4 aromatic rings. The second-order valence-electron chi connectivity index (χ2n) is 9.61. The molecule has 2 aromatic carbocycles. The summed E-state index contributed by atoms with van der Waals surface area (Å²) < 4.78 is 8.89. The molecule has 3 aliphatic rings. The minimum Gasteiger partial charge on any atom is -0.456 e. The molecule has 2 aromatic heterocycles. The van der Waals surface area contributed by atoms with Crippen LogP contribution in [0, 0.1) is 18.8 Å². The molecule has 7 rings (SSSR count). The van der Waals surface area contributed by atoms with Gasteiger partial charge in [-0.1, -0.05) is 12.5 Å². The van der Waals surface area contributed by atoms with Crippen molar-refractivity contribution >= 4 is 21.5 Å². The van der Waals surface area contributed by atoms with Gasteiger partial charge in [-0.05, 0) is 84.0 Å². The molecule has 0 N–H and O–H groups in total. The lowest BCUT2D eigenvalue weighted by Crippen LogP contribution is -2.31. The molecule has 2 aliphatic carbocycles. The van der Waals surface area contributed by atoms with Crippen LogP contribution in [0.3, 0.4) is 0 Å². The molecule has 0 spiro atoms. The molecule has 3 heteroatoms. The molecular weight excluding hydrogens is 368 g/mol. The van der Waals surface area contributed by atoms with Crippen molar-refractivity contribution in [1.29, 1.82) is 0 Å². The van der Waals surface area contributed by atoms with E-state index in [1.54, 1.807) is 0 Å². The molecule has 3 unspecified atom stereocenters. The van der Waals surface area contributed by atoms with E-state index in [1.807, 2.05) is 12.4 Å². The van der Waals surface area contributed by atoms with Gasteiger partial charge in [0.2, 0.25) is 5.69 Å². The van der Waals surface area contributed by atoms with E-state index >= 15 is 0 Å². The highest BCUT2D eigenvalue weighted by Crippen LogP contribution is 2.55. The third-order valence-corrected chi connectivity index (χ3v) is 8.01. The van der Waals surface area contributed by atoms with E-state index in [0.717, 1.165) is 28.7 Å². The minimum atomic E-state index is 0.703. The molecule has 0 radical (unpaired) electrons. The number of fused-ring (bicyclic) bond motifs is 5. The van der Waals surface area contributed by atoms with Crippen molar-refractivity contribution in [2.75, 3.05) is 0 Å². The van der Waals surface area contributed by atoms with Gasteiger partial charge in [-0.2, -0.15) is 0 Å². The second kappa shape index (κ2) is 5.81. The van der Waals surface area contributed by atoms with Crippen LogP contribution < -0.4 is 9.30 Å². The molecule has 148 valence electrons. The first-order chi connectivity index (χ1) is 14.7. The van der Waals surface area contributed by atoms with Crippen LogP contribution in [0.5, 0.6) is 11.5 Å². The summed E-state index contributed by atoms with van der Waals surface area (Å²) in [5.41, 5.74) is 5.21. The molecule has 2 saturated carbocycles. The van der Waals surface area contributed by atoms with Gasteiger partial charge in [-0.15, -0.1) is 0 Å². The summed E-state index contributed by atoms with van der Waals surface area (Å²) in [6, 6.07) is 11.3. The van der Waals surface area contributed by atoms with E-state index in [0.29, 0.717) is 5.92 Å². The molecule has 0 saturated heterocycles. The Labute approximate surface area is 176 Å². The lowest BCUT2D eigenvalue weighted by molar-refractivity contribution is -0.659. The van der Waals surface area contributed by atoms with Crippen molar-refractivity contribution < 1.29 is 9.30 Å². The van der Waals surface area contributed by atoms with Crippen molar-refractivity contribution in [1.82, 2.24) is 4.98 Å². The minimum absolute atomic E-state index is 0.703. The molecule has 0 amide bonds. The zero-order valence-electron chi connectivity index (χ0n) is 17.5. The highest BCUT2D eigenvalue weighted by Gasteiger charge is 2.41. The van der Waals surface area contributed by atoms with Crippen LogP contribution >= 0.6 is 0 Å². The van der Waals surface area contributed by atoms with Crippen LogP contribution in [-0.4, -0.2) is 4.98 Å². The summed E-state index contributed by atoms with van der Waals surface area (Å²) in [5, 5.41) is 4.93. The van der Waals surface area contributed by atoms with Gasteiger partial charge < -0.3 is 4.74 Å². The Morgan fingerprint density at radius 2 is 1.97 bits per heavy atom. The molecule has 30 heavy (non-hydrogen) atoms. The first-order valence-corrected chi connectivity index (χ1v) is 11.2. The van der Waals surface area contributed by atoms with Crippen LogP contribution in [0.1, 0.15) is 42.7 Å². The number of nitrogens with zero attached hydrogens (tertiary/aromatic N) is 2. The standard InChI is InChI=1S/C27H25N2O/c1-15-21-5-7-28-14-20(21)13-23-25(15)27-26-18(6-8-29(27)2)11-19(12-24(26)30-23)22-10-16-3-4-17(22)9-16/h5-8,11-14,16-17,22H,3-4,9-10H2,1-2H3/q+1. The number of ether oxygens (including phenoxy) is 1. The van der Waals surface area contributed by atoms with E-state index in [1.165, 1.54) is 64.2 Å². The average Bonchev–Trinajstić information content (AvgIpc) is 3.39. The number of aryl methyl sites for hydroxylation is 2. The smallest absolute Gasteiger partial charge is 0.228 e. The first kappa shape index (κ1) is 16.8. The lowest BCUT2D eigenvalue weighted by atomic mass is 9.82. The molecule has 2 bridgehead atoms. The van der Waals surface area contributed by atoms with Gasteiger partial charge in [-0.25, -0.2) is 4.57 Å². The van der Waals surface area contributed by atoms with Crippen LogP contribution in [-0.2, 0) is 7.05 Å². The summed E-state index contributed by atoms with van der Waals surface area (Å²) in [6.45, 7) is 2.21. The zero-order valence-corrected chi connectivity index (χ0v) is 17.5. The lowest BCUT2D eigenvalue weighted by Gasteiger charge is -2.26. The number of pyridine rings is 2. The molecule has 3 nitrogen and oxygen atoms in total. The van der Waals surface area contributed by atoms with Crippen LogP contribution in [0.15, 0.2) is 48.9 Å². The fourth-order valence-corrected chi connectivity index (χ4v) is 6.63. The maximum atomic E-state index is 6.63. The van der Waals surface area contributed by atoms with Crippen molar-refractivity contribution in [2.24, 2.45) is 18.9 Å². The Balaban J connectivity index is 1.51. The number of hydrogen-bond acceptors (Lipinski definition) is 2. The normalized spacial score (nSPS) is 23.7. The molecule has 2 fully saturated rings. The SMILES string of the molecule is Cc1c2c(cc3cnccc13)Oc1cc(C3CC4CCC3C4)cc3cc[n+](C)c-2c13. The quantitative estimate of drug-likeness (QED) is 0.317. The van der Waals surface area contributed by atoms with Gasteiger partial charge in [0.25, 0.3) is 0 Å². The highest BCUT2D eigenvalue weighted by atomic mass is 16.5. The Bertz CT molecular complexity index is 1370. The molecule has 3 heterocycles. The average molecular weight is 394 g/mol. The van der Waals surface area contributed by atoms with Gasteiger partial charge in [0.1, 0.15) is 18.5 Å². The summed E-state index contributed by atoms with van der Waals surface area (Å²) in [7, 11) is 2.15. The second-order valence-corrected chi connectivity index (χ2v) is 9.61. The topological polar surface area (TPSA) is 26.0 Å². The fourth-order valence-electron chi connectivity index (χ4n) is 6.63. The van der Waals surface area contributed by atoms with Gasteiger partial charge in [-0.3, -0.25) is 4.98 Å². The predicted octanol–water partition coefficient (Wildman–Crippen LogP) is 6.20.